The Morgan fingerprint density at radius 3 is 2.48 bits per heavy atom. The van der Waals surface area contributed by atoms with Crippen molar-refractivity contribution in [2.75, 3.05) is 18.4 Å². The van der Waals surface area contributed by atoms with Gasteiger partial charge in [-0.05, 0) is 43.5 Å². The Morgan fingerprint density at radius 2 is 1.78 bits per heavy atom. The minimum atomic E-state index is -0.0291. The van der Waals surface area contributed by atoms with Gasteiger partial charge in [0.15, 0.2) is 0 Å². The third kappa shape index (κ3) is 3.77. The fourth-order valence-corrected chi connectivity index (χ4v) is 3.14. The van der Waals surface area contributed by atoms with Crippen molar-refractivity contribution in [3.05, 3.63) is 52.3 Å². The number of anilines is 2. The number of para-hydroxylation sites is 1. The van der Waals surface area contributed by atoms with Crippen LogP contribution in [0.3, 0.4) is 0 Å². The molecule has 6 heteroatoms. The lowest BCUT2D eigenvalue weighted by Gasteiger charge is -2.26. The van der Waals surface area contributed by atoms with Gasteiger partial charge in [-0.15, -0.1) is 0 Å². The molecule has 4 nitrogen and oxygen atoms in total. The minimum absolute atomic E-state index is 0.0291. The van der Waals surface area contributed by atoms with Crippen molar-refractivity contribution in [2.45, 2.75) is 19.3 Å². The number of carbonyl (C=O) groups excluding carboxylic acids is 1. The number of aromatic nitrogens is 1. The van der Waals surface area contributed by atoms with Crippen LogP contribution in [0.5, 0.6) is 0 Å². The molecule has 1 aliphatic rings. The molecule has 1 aromatic carbocycles. The van der Waals surface area contributed by atoms with Crippen LogP contribution in [0.4, 0.5) is 11.4 Å². The number of halogens is 2. The molecule has 1 N–H and O–H groups in total. The highest BCUT2D eigenvalue weighted by Crippen LogP contribution is 2.32. The molecule has 0 atom stereocenters. The molecule has 0 saturated carbocycles. The SMILES string of the molecule is O=C(c1cc(Nc2c(Cl)cccc2Cl)ccn1)N1CCCCC1. The number of amides is 1. The second-order valence-electron chi connectivity index (χ2n) is 5.50. The van der Waals surface area contributed by atoms with Crippen molar-refractivity contribution in [1.82, 2.24) is 9.88 Å². The van der Waals surface area contributed by atoms with Crippen LogP contribution >= 0.6 is 23.2 Å². The van der Waals surface area contributed by atoms with E-state index in [0.717, 1.165) is 31.6 Å². The summed E-state index contributed by atoms with van der Waals surface area (Å²) < 4.78 is 0. The van der Waals surface area contributed by atoms with Gasteiger partial charge in [0, 0.05) is 25.0 Å². The maximum atomic E-state index is 12.5. The number of nitrogens with one attached hydrogen (secondary N) is 1. The van der Waals surface area contributed by atoms with Crippen LogP contribution in [0, 0.1) is 0 Å². The first-order valence-corrected chi connectivity index (χ1v) is 8.37. The van der Waals surface area contributed by atoms with Crippen molar-refractivity contribution < 1.29 is 4.79 Å². The highest BCUT2D eigenvalue weighted by Gasteiger charge is 2.19. The summed E-state index contributed by atoms with van der Waals surface area (Å²) in [6.45, 7) is 1.60. The Bertz CT molecular complexity index is 694. The van der Waals surface area contributed by atoms with E-state index in [1.807, 2.05) is 4.90 Å². The van der Waals surface area contributed by atoms with Crippen LogP contribution in [0.2, 0.25) is 10.0 Å². The average molecular weight is 350 g/mol. The monoisotopic (exact) mass is 349 g/mol. The standard InChI is InChI=1S/C17H17Cl2N3O/c18-13-5-4-6-14(19)16(13)21-12-7-8-20-15(11-12)17(23)22-9-2-1-3-10-22/h4-8,11H,1-3,9-10H2,(H,20,21). The van der Waals surface area contributed by atoms with Gasteiger partial charge in [0.25, 0.3) is 5.91 Å². The normalized spacial score (nSPS) is 14.6. The molecule has 23 heavy (non-hydrogen) atoms. The highest BCUT2D eigenvalue weighted by molar-refractivity contribution is 6.39. The van der Waals surface area contributed by atoms with Gasteiger partial charge in [0.05, 0.1) is 15.7 Å². The number of hydrogen-bond acceptors (Lipinski definition) is 3. The topological polar surface area (TPSA) is 45.2 Å². The smallest absolute Gasteiger partial charge is 0.272 e. The lowest BCUT2D eigenvalue weighted by Crippen LogP contribution is -2.36. The minimum Gasteiger partial charge on any atom is -0.353 e. The van der Waals surface area contributed by atoms with E-state index in [1.165, 1.54) is 6.42 Å². The van der Waals surface area contributed by atoms with Crippen LogP contribution in [0.25, 0.3) is 0 Å². The van der Waals surface area contributed by atoms with Gasteiger partial charge < -0.3 is 10.2 Å². The van der Waals surface area contributed by atoms with Crippen LogP contribution in [-0.2, 0) is 0 Å². The van der Waals surface area contributed by atoms with Crippen molar-refractivity contribution in [3.63, 3.8) is 0 Å². The highest BCUT2D eigenvalue weighted by atomic mass is 35.5. The first-order chi connectivity index (χ1) is 11.1. The molecule has 1 amide bonds. The quantitative estimate of drug-likeness (QED) is 0.868. The Kier molecular flexibility index (Phi) is 5.03. The number of rotatable bonds is 3. The fourth-order valence-electron chi connectivity index (χ4n) is 2.65. The lowest BCUT2D eigenvalue weighted by atomic mass is 10.1. The number of hydrogen-bond donors (Lipinski definition) is 1. The van der Waals surface area contributed by atoms with Gasteiger partial charge >= 0.3 is 0 Å². The molecule has 0 radical (unpaired) electrons. The van der Waals surface area contributed by atoms with Crippen molar-refractivity contribution in [1.29, 1.82) is 0 Å². The summed E-state index contributed by atoms with van der Waals surface area (Å²) in [7, 11) is 0. The van der Waals surface area contributed by atoms with Crippen LogP contribution in [-0.4, -0.2) is 28.9 Å². The zero-order valence-corrected chi connectivity index (χ0v) is 14.1. The van der Waals surface area contributed by atoms with E-state index in [1.54, 1.807) is 36.5 Å². The molecule has 0 bridgehead atoms. The summed E-state index contributed by atoms with van der Waals surface area (Å²) in [4.78, 5) is 18.6. The number of piperidine rings is 1. The van der Waals surface area contributed by atoms with Gasteiger partial charge in [-0.3, -0.25) is 9.78 Å². The van der Waals surface area contributed by atoms with E-state index in [9.17, 15) is 4.79 Å². The predicted octanol–water partition coefficient (Wildman–Crippen LogP) is 4.76. The molecule has 1 fully saturated rings. The molecule has 2 aromatic rings. The van der Waals surface area contributed by atoms with E-state index < -0.39 is 0 Å². The van der Waals surface area contributed by atoms with E-state index in [2.05, 4.69) is 10.3 Å². The summed E-state index contributed by atoms with van der Waals surface area (Å²) in [5.74, 6) is -0.0291. The van der Waals surface area contributed by atoms with Crippen LogP contribution < -0.4 is 5.32 Å². The van der Waals surface area contributed by atoms with E-state index in [4.69, 9.17) is 23.2 Å². The van der Waals surface area contributed by atoms with E-state index in [0.29, 0.717) is 21.4 Å². The molecule has 1 aromatic heterocycles. The van der Waals surface area contributed by atoms with Crippen LogP contribution in [0.1, 0.15) is 29.8 Å². The summed E-state index contributed by atoms with van der Waals surface area (Å²) in [5, 5.41) is 4.22. The van der Waals surface area contributed by atoms with Gasteiger partial charge in [0.2, 0.25) is 0 Å². The van der Waals surface area contributed by atoms with Crippen LogP contribution in [0.15, 0.2) is 36.5 Å². The van der Waals surface area contributed by atoms with Gasteiger partial charge in [0.1, 0.15) is 5.69 Å². The van der Waals surface area contributed by atoms with Gasteiger partial charge in [-0.2, -0.15) is 0 Å². The second kappa shape index (κ2) is 7.20. The number of benzene rings is 1. The van der Waals surface area contributed by atoms with E-state index in [-0.39, 0.29) is 5.91 Å². The molecule has 1 aliphatic heterocycles. The lowest BCUT2D eigenvalue weighted by molar-refractivity contribution is 0.0718. The summed E-state index contributed by atoms with van der Waals surface area (Å²) >= 11 is 12.3. The first-order valence-electron chi connectivity index (χ1n) is 7.61. The molecule has 0 spiro atoms. The van der Waals surface area contributed by atoms with Gasteiger partial charge in [-0.25, -0.2) is 0 Å². The summed E-state index contributed by atoms with van der Waals surface area (Å²) in [6, 6.07) is 8.82. The molecule has 3 rings (SSSR count). The van der Waals surface area contributed by atoms with Crippen molar-refractivity contribution in [2.24, 2.45) is 0 Å². The number of carbonyl (C=O) groups is 1. The second-order valence-corrected chi connectivity index (χ2v) is 6.32. The zero-order chi connectivity index (χ0) is 16.2. The first kappa shape index (κ1) is 16.1. The maximum absolute atomic E-state index is 12.5. The predicted molar refractivity (Wildman–Crippen MR) is 93.7 cm³/mol. The molecule has 0 aliphatic carbocycles. The number of pyridine rings is 1. The summed E-state index contributed by atoms with van der Waals surface area (Å²) in [5.41, 5.74) is 1.79. The molecule has 0 unspecified atom stereocenters. The molecule has 1 saturated heterocycles. The Balaban J connectivity index is 1.81. The molecule has 120 valence electrons. The molecular formula is C17H17Cl2N3O. The maximum Gasteiger partial charge on any atom is 0.272 e. The van der Waals surface area contributed by atoms with Crippen molar-refractivity contribution in [3.8, 4) is 0 Å². The third-order valence-electron chi connectivity index (χ3n) is 3.85. The van der Waals surface area contributed by atoms with Crippen molar-refractivity contribution >= 4 is 40.5 Å². The average Bonchev–Trinajstić information content (AvgIpc) is 2.59. The molecular weight excluding hydrogens is 333 g/mol. The Morgan fingerprint density at radius 1 is 1.09 bits per heavy atom. The number of nitrogens with zero attached hydrogens (tertiary/aromatic N) is 2. The Hall–Kier alpha value is -1.78. The summed E-state index contributed by atoms with van der Waals surface area (Å²) in [6.07, 6.45) is 4.91. The fraction of sp³-hybridized carbons (Fsp3) is 0.294. The largest absolute Gasteiger partial charge is 0.353 e. The zero-order valence-electron chi connectivity index (χ0n) is 12.6. The van der Waals surface area contributed by atoms with Gasteiger partial charge in [-0.1, -0.05) is 29.3 Å². The third-order valence-corrected chi connectivity index (χ3v) is 4.48. The van der Waals surface area contributed by atoms with E-state index >= 15 is 0 Å². The molecule has 2 heterocycles. The number of likely N-dealkylation sites (tertiary alicyclic amines) is 1. The Labute approximate surface area is 145 Å².